The Morgan fingerprint density at radius 2 is 1.38 bits per heavy atom. The van der Waals surface area contributed by atoms with Crippen molar-refractivity contribution in [1.29, 1.82) is 0 Å². The summed E-state index contributed by atoms with van der Waals surface area (Å²) in [6, 6.07) is 10.7. The fourth-order valence-electron chi connectivity index (χ4n) is 2.69. The van der Waals surface area contributed by atoms with Gasteiger partial charge in [0.05, 0.1) is 14.2 Å². The Balaban J connectivity index is 2.25. The van der Waals surface area contributed by atoms with Crippen molar-refractivity contribution >= 4 is 22.6 Å². The van der Waals surface area contributed by atoms with Gasteiger partial charge in [-0.15, -0.1) is 0 Å². The number of fused-ring (bicyclic) bond motifs is 2. The Bertz CT molecular complexity index is 639. The van der Waals surface area contributed by atoms with Crippen LogP contribution < -0.4 is 9.47 Å². The van der Waals surface area contributed by atoms with E-state index in [1.807, 2.05) is 22.6 Å². The molecule has 21 heavy (non-hydrogen) atoms. The average molecular weight is 398 g/mol. The third-order valence-electron chi connectivity index (χ3n) is 3.82. The Labute approximate surface area is 136 Å². The molecule has 0 atom stereocenters. The van der Waals surface area contributed by atoms with Crippen LogP contribution in [0.15, 0.2) is 36.4 Å². The first-order valence-corrected chi connectivity index (χ1v) is 7.53. The maximum atomic E-state index is 11.0. The second kappa shape index (κ2) is 5.15. The van der Waals surface area contributed by atoms with E-state index in [1.54, 1.807) is 50.6 Å². The van der Waals surface area contributed by atoms with Gasteiger partial charge in [0.25, 0.3) is 0 Å². The van der Waals surface area contributed by atoms with Gasteiger partial charge < -0.3 is 19.7 Å². The van der Waals surface area contributed by atoms with E-state index in [0.29, 0.717) is 33.8 Å². The molecule has 1 aliphatic rings. The van der Waals surface area contributed by atoms with Crippen LogP contribution in [0, 0.1) is 0 Å². The minimum atomic E-state index is -1.25. The van der Waals surface area contributed by atoms with Gasteiger partial charge >= 0.3 is 0 Å². The SMILES string of the molecule is COc1ccc2c(c1)C(O)(I)c1cc(OC)ccc1C2O. The highest BCUT2D eigenvalue weighted by molar-refractivity contribution is 14.1. The van der Waals surface area contributed by atoms with Gasteiger partial charge in [-0.3, -0.25) is 0 Å². The minimum Gasteiger partial charge on any atom is -0.497 e. The molecular formula is C16H15IO4. The van der Waals surface area contributed by atoms with Crippen LogP contribution >= 0.6 is 22.6 Å². The summed E-state index contributed by atoms with van der Waals surface area (Å²) in [5, 5.41) is 21.6. The molecule has 2 aromatic rings. The molecule has 0 unspecified atom stereocenters. The second-order valence-corrected chi connectivity index (χ2v) is 6.49. The molecule has 0 saturated heterocycles. The van der Waals surface area contributed by atoms with Crippen molar-refractivity contribution in [2.45, 2.75) is 9.71 Å². The van der Waals surface area contributed by atoms with Gasteiger partial charge in [-0.05, 0) is 58.0 Å². The Kier molecular flexibility index (Phi) is 3.59. The summed E-state index contributed by atoms with van der Waals surface area (Å²) < 4.78 is 9.20. The summed E-state index contributed by atoms with van der Waals surface area (Å²) in [5.41, 5.74) is 2.64. The van der Waals surface area contributed by atoms with Crippen molar-refractivity contribution in [2.24, 2.45) is 0 Å². The van der Waals surface area contributed by atoms with Crippen molar-refractivity contribution in [1.82, 2.24) is 0 Å². The molecule has 2 aromatic carbocycles. The standard InChI is InChI=1S/C16H15IO4/c1-20-9-3-5-11-13(7-9)16(17,19)14-8-10(21-2)4-6-12(14)15(11)18/h3-8,15,18-19H,1-2H3. The molecule has 2 N–H and O–H groups in total. The molecule has 0 aliphatic heterocycles. The maximum absolute atomic E-state index is 11.0. The van der Waals surface area contributed by atoms with Crippen molar-refractivity contribution < 1.29 is 19.7 Å². The lowest BCUT2D eigenvalue weighted by atomic mass is 9.81. The number of methoxy groups -OCH3 is 2. The number of halogens is 1. The Hall–Kier alpha value is -1.31. The molecule has 1 aliphatic carbocycles. The van der Waals surface area contributed by atoms with Crippen molar-refractivity contribution in [3.8, 4) is 11.5 Å². The molecule has 0 spiro atoms. The third-order valence-corrected chi connectivity index (χ3v) is 4.99. The van der Waals surface area contributed by atoms with Crippen molar-refractivity contribution in [3.05, 3.63) is 58.7 Å². The van der Waals surface area contributed by atoms with Crippen LogP contribution in [0.1, 0.15) is 28.4 Å². The highest BCUT2D eigenvalue weighted by atomic mass is 127. The first-order valence-electron chi connectivity index (χ1n) is 6.45. The number of alkyl halides is 1. The second-order valence-electron chi connectivity index (χ2n) is 4.93. The monoisotopic (exact) mass is 398 g/mol. The number of hydrogen-bond acceptors (Lipinski definition) is 4. The minimum absolute atomic E-state index is 0.635. The molecular weight excluding hydrogens is 383 g/mol. The number of benzene rings is 2. The zero-order chi connectivity index (χ0) is 15.2. The van der Waals surface area contributed by atoms with E-state index < -0.39 is 9.71 Å². The largest absolute Gasteiger partial charge is 0.497 e. The number of aliphatic hydroxyl groups excluding tert-OH is 1. The number of ether oxygens (including phenoxy) is 2. The first kappa shape index (κ1) is 14.6. The van der Waals surface area contributed by atoms with Crippen LogP contribution in [-0.4, -0.2) is 24.4 Å². The summed E-state index contributed by atoms with van der Waals surface area (Å²) in [6.07, 6.45) is -0.776. The van der Waals surface area contributed by atoms with E-state index in [0.717, 1.165) is 0 Å². The van der Waals surface area contributed by atoms with E-state index >= 15 is 0 Å². The summed E-state index contributed by atoms with van der Waals surface area (Å²) in [5.74, 6) is 1.28. The predicted molar refractivity (Wildman–Crippen MR) is 87.1 cm³/mol. The Morgan fingerprint density at radius 1 is 0.952 bits per heavy atom. The van der Waals surface area contributed by atoms with Gasteiger partial charge in [0.15, 0.2) is 3.61 Å². The quantitative estimate of drug-likeness (QED) is 0.604. The lowest BCUT2D eigenvalue weighted by Crippen LogP contribution is -2.29. The van der Waals surface area contributed by atoms with Gasteiger partial charge in [0.1, 0.15) is 17.6 Å². The van der Waals surface area contributed by atoms with Crippen molar-refractivity contribution in [3.63, 3.8) is 0 Å². The average Bonchev–Trinajstić information content (AvgIpc) is 2.52. The number of aliphatic hydroxyl groups is 2. The smallest absolute Gasteiger partial charge is 0.167 e. The predicted octanol–water partition coefficient (Wildman–Crippen LogP) is 2.73. The summed E-state index contributed by atoms with van der Waals surface area (Å²) in [7, 11) is 3.15. The van der Waals surface area contributed by atoms with Crippen LogP contribution in [-0.2, 0) is 3.61 Å². The van der Waals surface area contributed by atoms with E-state index in [9.17, 15) is 10.2 Å². The van der Waals surface area contributed by atoms with E-state index in [4.69, 9.17) is 9.47 Å². The highest BCUT2D eigenvalue weighted by Crippen LogP contribution is 2.50. The van der Waals surface area contributed by atoms with Gasteiger partial charge in [-0.2, -0.15) is 0 Å². The molecule has 5 heteroatoms. The maximum Gasteiger partial charge on any atom is 0.167 e. The molecule has 3 rings (SSSR count). The van der Waals surface area contributed by atoms with Crippen LogP contribution in [0.25, 0.3) is 0 Å². The van der Waals surface area contributed by atoms with Crippen LogP contribution in [0.5, 0.6) is 11.5 Å². The summed E-state index contributed by atoms with van der Waals surface area (Å²) >= 11 is 1.98. The molecule has 0 bridgehead atoms. The lowest BCUT2D eigenvalue weighted by Gasteiger charge is -2.35. The zero-order valence-electron chi connectivity index (χ0n) is 11.6. The molecule has 0 fully saturated rings. The molecule has 0 heterocycles. The van der Waals surface area contributed by atoms with Crippen LogP contribution in [0.3, 0.4) is 0 Å². The van der Waals surface area contributed by atoms with Gasteiger partial charge in [0.2, 0.25) is 0 Å². The van der Waals surface area contributed by atoms with Gasteiger partial charge in [-0.1, -0.05) is 12.1 Å². The normalized spacial score (nSPS) is 23.2. The molecule has 110 valence electrons. The Morgan fingerprint density at radius 3 is 1.76 bits per heavy atom. The number of hydrogen-bond donors (Lipinski definition) is 2. The molecule has 0 radical (unpaired) electrons. The van der Waals surface area contributed by atoms with Gasteiger partial charge in [-0.25, -0.2) is 0 Å². The molecule has 0 amide bonds. The lowest BCUT2D eigenvalue weighted by molar-refractivity contribution is 0.161. The third kappa shape index (κ3) is 2.20. The molecule has 4 nitrogen and oxygen atoms in total. The van der Waals surface area contributed by atoms with E-state index in [-0.39, 0.29) is 0 Å². The fourth-order valence-corrected chi connectivity index (χ4v) is 3.62. The van der Waals surface area contributed by atoms with Crippen LogP contribution in [0.2, 0.25) is 0 Å². The van der Waals surface area contributed by atoms with Gasteiger partial charge in [0, 0.05) is 11.1 Å². The highest BCUT2D eigenvalue weighted by Gasteiger charge is 2.40. The zero-order valence-corrected chi connectivity index (χ0v) is 13.8. The fraction of sp³-hybridized carbons (Fsp3) is 0.250. The van der Waals surface area contributed by atoms with Crippen molar-refractivity contribution in [2.75, 3.05) is 14.2 Å². The van der Waals surface area contributed by atoms with E-state index in [1.165, 1.54) is 0 Å². The first-order chi connectivity index (χ1) is 9.98. The summed E-state index contributed by atoms with van der Waals surface area (Å²) in [4.78, 5) is 0. The molecule has 0 aromatic heterocycles. The molecule has 0 saturated carbocycles. The topological polar surface area (TPSA) is 58.9 Å². The van der Waals surface area contributed by atoms with Crippen LogP contribution in [0.4, 0.5) is 0 Å². The number of rotatable bonds is 2. The summed E-state index contributed by atoms with van der Waals surface area (Å²) in [6.45, 7) is 0. The van der Waals surface area contributed by atoms with E-state index in [2.05, 4.69) is 0 Å².